The number of hydrogen-bond acceptors (Lipinski definition) is 7. The molecule has 0 bridgehead atoms. The van der Waals surface area contributed by atoms with Gasteiger partial charge in [0.05, 0.1) is 19.8 Å². The zero-order valence-electron chi connectivity index (χ0n) is 15.3. The van der Waals surface area contributed by atoms with Crippen LogP contribution in [0.25, 0.3) is 0 Å². The lowest BCUT2D eigenvalue weighted by molar-refractivity contribution is 0.0954. The highest BCUT2D eigenvalue weighted by Crippen LogP contribution is 2.34. The number of aliphatic hydroxyl groups is 1. The van der Waals surface area contributed by atoms with E-state index in [9.17, 15) is 14.7 Å². The number of nitrogens with zero attached hydrogens (tertiary/aromatic N) is 1. The van der Waals surface area contributed by atoms with Crippen molar-refractivity contribution < 1.29 is 28.7 Å². The fraction of sp³-hybridized carbons (Fsp3) is 0.190. The SMILES string of the molecule is COc1ccc(CC(O)c2noc3c2C(=O)c2ccccc2C3=O)cc1OC. The molecule has 1 aromatic heterocycles. The largest absolute Gasteiger partial charge is 0.493 e. The molecule has 1 atom stereocenters. The van der Waals surface area contributed by atoms with Gasteiger partial charge in [-0.05, 0) is 17.7 Å². The Morgan fingerprint density at radius 3 is 2.36 bits per heavy atom. The lowest BCUT2D eigenvalue weighted by Crippen LogP contribution is -2.21. The van der Waals surface area contributed by atoms with Crippen LogP contribution in [0.4, 0.5) is 0 Å². The van der Waals surface area contributed by atoms with E-state index in [0.717, 1.165) is 5.56 Å². The highest BCUT2D eigenvalue weighted by Gasteiger charge is 2.38. The van der Waals surface area contributed by atoms with E-state index < -0.39 is 11.9 Å². The van der Waals surface area contributed by atoms with Gasteiger partial charge in [0.1, 0.15) is 11.8 Å². The third kappa shape index (κ3) is 2.76. The second-order valence-corrected chi connectivity index (χ2v) is 6.39. The van der Waals surface area contributed by atoms with E-state index >= 15 is 0 Å². The number of rotatable bonds is 5. The van der Waals surface area contributed by atoms with Crippen molar-refractivity contribution in [2.24, 2.45) is 0 Å². The Bertz CT molecular complexity index is 1080. The van der Waals surface area contributed by atoms with Gasteiger partial charge in [0.2, 0.25) is 11.5 Å². The molecule has 0 spiro atoms. The molecule has 0 radical (unpaired) electrons. The van der Waals surface area contributed by atoms with Crippen LogP contribution >= 0.6 is 0 Å². The summed E-state index contributed by atoms with van der Waals surface area (Å²) in [6.45, 7) is 0. The summed E-state index contributed by atoms with van der Waals surface area (Å²) in [7, 11) is 3.06. The van der Waals surface area contributed by atoms with Gasteiger partial charge in [-0.25, -0.2) is 0 Å². The van der Waals surface area contributed by atoms with Crippen LogP contribution in [0.1, 0.15) is 49.4 Å². The first-order chi connectivity index (χ1) is 13.5. The van der Waals surface area contributed by atoms with E-state index in [2.05, 4.69) is 5.16 Å². The van der Waals surface area contributed by atoms with Crippen molar-refractivity contribution in [1.82, 2.24) is 5.16 Å². The second-order valence-electron chi connectivity index (χ2n) is 6.39. The molecule has 142 valence electrons. The number of carbonyl (C=O) groups is 2. The highest BCUT2D eigenvalue weighted by molar-refractivity contribution is 6.27. The molecule has 1 heterocycles. The molecular formula is C21H17NO6. The molecule has 1 aliphatic rings. The van der Waals surface area contributed by atoms with Crippen molar-refractivity contribution in [3.8, 4) is 11.5 Å². The Balaban J connectivity index is 1.68. The molecule has 0 fully saturated rings. The number of ketones is 2. The molecule has 0 saturated heterocycles. The molecule has 28 heavy (non-hydrogen) atoms. The minimum absolute atomic E-state index is 0.0247. The van der Waals surface area contributed by atoms with E-state index in [1.807, 2.05) is 0 Å². The normalized spacial score (nSPS) is 13.7. The molecule has 0 amide bonds. The fourth-order valence-corrected chi connectivity index (χ4v) is 3.37. The summed E-state index contributed by atoms with van der Waals surface area (Å²) in [5, 5.41) is 14.5. The summed E-state index contributed by atoms with van der Waals surface area (Å²) in [4.78, 5) is 25.5. The summed E-state index contributed by atoms with van der Waals surface area (Å²) in [6, 6.07) is 11.7. The molecule has 3 aromatic rings. The van der Waals surface area contributed by atoms with E-state index in [0.29, 0.717) is 11.5 Å². The van der Waals surface area contributed by atoms with Crippen LogP contribution in [0.5, 0.6) is 11.5 Å². The van der Waals surface area contributed by atoms with Gasteiger partial charge in [0.15, 0.2) is 17.3 Å². The Labute approximate surface area is 160 Å². The van der Waals surface area contributed by atoms with E-state index in [1.165, 1.54) is 14.2 Å². The first kappa shape index (κ1) is 17.9. The highest BCUT2D eigenvalue weighted by atomic mass is 16.5. The van der Waals surface area contributed by atoms with Crippen LogP contribution in [0, 0.1) is 0 Å². The van der Waals surface area contributed by atoms with Gasteiger partial charge < -0.3 is 19.1 Å². The van der Waals surface area contributed by atoms with Gasteiger partial charge in [-0.3, -0.25) is 9.59 Å². The summed E-state index contributed by atoms with van der Waals surface area (Å²) >= 11 is 0. The quantitative estimate of drug-likeness (QED) is 0.569. The molecular weight excluding hydrogens is 362 g/mol. The first-order valence-corrected chi connectivity index (χ1v) is 8.62. The molecule has 7 heteroatoms. The van der Waals surface area contributed by atoms with Crippen LogP contribution < -0.4 is 9.47 Å². The topological polar surface area (TPSA) is 98.9 Å². The predicted molar refractivity (Wildman–Crippen MR) is 98.0 cm³/mol. The standard InChI is InChI=1S/C21H17NO6/c1-26-15-8-7-11(10-16(15)27-2)9-14(23)18-17-19(24)12-5-3-4-6-13(12)20(25)21(17)28-22-18/h3-8,10,14,23H,9H2,1-2H3. The molecule has 1 aliphatic carbocycles. The smallest absolute Gasteiger partial charge is 0.232 e. The molecule has 2 aromatic carbocycles. The van der Waals surface area contributed by atoms with Crippen LogP contribution in [-0.4, -0.2) is 36.0 Å². The Morgan fingerprint density at radius 1 is 1.00 bits per heavy atom. The van der Waals surface area contributed by atoms with Crippen molar-refractivity contribution >= 4 is 11.6 Å². The first-order valence-electron chi connectivity index (χ1n) is 8.62. The number of aliphatic hydroxyl groups excluding tert-OH is 1. The van der Waals surface area contributed by atoms with Gasteiger partial charge in [-0.1, -0.05) is 35.5 Å². The average Bonchev–Trinajstić information content (AvgIpc) is 3.17. The number of hydrogen-bond donors (Lipinski definition) is 1. The maximum absolute atomic E-state index is 12.9. The van der Waals surface area contributed by atoms with Crippen LogP contribution in [0.2, 0.25) is 0 Å². The summed E-state index contributed by atoms with van der Waals surface area (Å²) < 4.78 is 15.6. The number of aromatic nitrogens is 1. The Morgan fingerprint density at radius 2 is 1.68 bits per heavy atom. The predicted octanol–water partition coefficient (Wildman–Crippen LogP) is 2.74. The van der Waals surface area contributed by atoms with E-state index in [1.54, 1.807) is 42.5 Å². The lowest BCUT2D eigenvalue weighted by Gasteiger charge is -2.15. The van der Waals surface area contributed by atoms with E-state index in [-0.39, 0.29) is 40.3 Å². The number of fused-ring (bicyclic) bond motifs is 2. The maximum atomic E-state index is 12.9. The van der Waals surface area contributed by atoms with Crippen LogP contribution in [-0.2, 0) is 6.42 Å². The number of carbonyl (C=O) groups excluding carboxylic acids is 2. The molecule has 1 unspecified atom stereocenters. The van der Waals surface area contributed by atoms with Crippen molar-refractivity contribution in [3.05, 3.63) is 76.2 Å². The molecule has 7 nitrogen and oxygen atoms in total. The monoisotopic (exact) mass is 379 g/mol. The van der Waals surface area contributed by atoms with Crippen molar-refractivity contribution in [2.75, 3.05) is 14.2 Å². The summed E-state index contributed by atoms with van der Waals surface area (Å²) in [5.41, 5.74) is 1.38. The second kappa shape index (κ2) is 6.94. The third-order valence-corrected chi connectivity index (χ3v) is 4.76. The molecule has 0 aliphatic heterocycles. The van der Waals surface area contributed by atoms with Gasteiger partial charge in [-0.2, -0.15) is 0 Å². The van der Waals surface area contributed by atoms with E-state index in [4.69, 9.17) is 14.0 Å². The molecule has 1 N–H and O–H groups in total. The lowest BCUT2D eigenvalue weighted by atomic mass is 9.86. The summed E-state index contributed by atoms with van der Waals surface area (Å²) in [6.07, 6.45) is -0.977. The third-order valence-electron chi connectivity index (χ3n) is 4.76. The van der Waals surface area contributed by atoms with Gasteiger partial charge >= 0.3 is 0 Å². The van der Waals surface area contributed by atoms with Crippen LogP contribution in [0.3, 0.4) is 0 Å². The van der Waals surface area contributed by atoms with Gasteiger partial charge in [0, 0.05) is 17.5 Å². The Hall–Kier alpha value is -3.45. The fourth-order valence-electron chi connectivity index (χ4n) is 3.37. The van der Waals surface area contributed by atoms with Crippen LogP contribution in [0.15, 0.2) is 47.0 Å². The van der Waals surface area contributed by atoms with Crippen molar-refractivity contribution in [3.63, 3.8) is 0 Å². The number of methoxy groups -OCH3 is 2. The number of benzene rings is 2. The number of ether oxygens (including phenoxy) is 2. The zero-order chi connectivity index (χ0) is 19.8. The minimum Gasteiger partial charge on any atom is -0.493 e. The van der Waals surface area contributed by atoms with Crippen molar-refractivity contribution in [1.29, 1.82) is 0 Å². The molecule has 0 saturated carbocycles. The minimum atomic E-state index is -1.13. The van der Waals surface area contributed by atoms with Gasteiger partial charge in [0.25, 0.3) is 0 Å². The Kier molecular flexibility index (Phi) is 4.44. The van der Waals surface area contributed by atoms with Crippen molar-refractivity contribution in [2.45, 2.75) is 12.5 Å². The maximum Gasteiger partial charge on any atom is 0.232 e. The molecule has 4 rings (SSSR count). The van der Waals surface area contributed by atoms with Gasteiger partial charge in [-0.15, -0.1) is 0 Å². The average molecular weight is 379 g/mol. The zero-order valence-corrected chi connectivity index (χ0v) is 15.3. The summed E-state index contributed by atoms with van der Waals surface area (Å²) in [5.74, 6) is 0.159.